The normalized spacial score (nSPS) is 11.3. The fourth-order valence-corrected chi connectivity index (χ4v) is 10.8. The number of hydrogen-bond donors (Lipinski definition) is 0. The Morgan fingerprint density at radius 2 is 0.692 bits per heavy atom. The second-order valence-electron chi connectivity index (χ2n) is 20.1. The van der Waals surface area contributed by atoms with Crippen LogP contribution in [0.25, 0.3) is 83.6 Å². The maximum Gasteiger partial charge on any atom is 0.160 e. The fourth-order valence-electron chi connectivity index (χ4n) is 10.8. The van der Waals surface area contributed by atoms with Gasteiger partial charge >= 0.3 is 0 Å². The number of fused-ring (bicyclic) bond motifs is 3. The van der Waals surface area contributed by atoms with E-state index >= 15 is 0 Å². The summed E-state index contributed by atoms with van der Waals surface area (Å²) in [5.74, 6) is 0.714. The number of para-hydroxylation sites is 2. The Hall–Kier alpha value is -10.1. The van der Waals surface area contributed by atoms with Crippen LogP contribution in [0.15, 0.2) is 279 Å². The van der Waals surface area contributed by atoms with Crippen molar-refractivity contribution in [2.24, 2.45) is 0 Å². The van der Waals surface area contributed by atoms with Gasteiger partial charge in [0.05, 0.1) is 22.4 Å². The number of benzene rings is 11. The van der Waals surface area contributed by atoms with Crippen LogP contribution in [0.2, 0.25) is 0 Å². The molecule has 0 unspecified atom stereocenters. The standard InChI is InChI=1S/C73H55N5/c1-50-24-35-61(36-25-50)77(62-37-26-51(2)27-38-62)65-42-45-72-68(48-65)67-47-64(76(59-20-12-6-13-21-59)60-22-14-7-15-23-60)41-44-71(67)78(72)63-39-32-54(33-40-63)53-28-30-55(31-29-53)58-34-43-66(52(3)46-58)70-49-69(56-16-8-4-9-17-56)74-73(75-70)57-18-10-5-11-19-57/h4-49H,1-3H3. The second kappa shape index (κ2) is 20.6. The lowest BCUT2D eigenvalue weighted by atomic mass is 9.96. The first kappa shape index (κ1) is 47.6. The molecule has 0 N–H and O–H groups in total. The van der Waals surface area contributed by atoms with Gasteiger partial charge in [0.15, 0.2) is 5.82 Å². The summed E-state index contributed by atoms with van der Waals surface area (Å²) in [7, 11) is 0. The number of anilines is 6. The van der Waals surface area contributed by atoms with Crippen LogP contribution in [0, 0.1) is 20.8 Å². The SMILES string of the molecule is Cc1ccc(N(c2ccc(C)cc2)c2ccc3c(c2)c2cc(N(c4ccccc4)c4ccccc4)ccc2n3-c2ccc(-c3ccc(-c4ccc(-c5cc(-c6ccccc6)nc(-c6ccccc6)n5)c(C)c4)cc3)cc2)cc1. The lowest BCUT2D eigenvalue weighted by molar-refractivity contribution is 1.18. The third-order valence-electron chi connectivity index (χ3n) is 14.9. The van der Waals surface area contributed by atoms with Gasteiger partial charge in [0.25, 0.3) is 0 Å². The molecule has 0 fully saturated rings. The predicted molar refractivity (Wildman–Crippen MR) is 327 cm³/mol. The Balaban J connectivity index is 0.858. The molecule has 0 atom stereocenters. The van der Waals surface area contributed by atoms with Crippen LogP contribution >= 0.6 is 0 Å². The molecule has 78 heavy (non-hydrogen) atoms. The predicted octanol–water partition coefficient (Wildman–Crippen LogP) is 19.8. The third-order valence-corrected chi connectivity index (χ3v) is 14.9. The molecule has 13 aromatic rings. The highest BCUT2D eigenvalue weighted by Gasteiger charge is 2.21. The zero-order chi connectivity index (χ0) is 52.5. The van der Waals surface area contributed by atoms with E-state index in [2.05, 4.69) is 290 Å². The molecular weight excluding hydrogens is 947 g/mol. The summed E-state index contributed by atoms with van der Waals surface area (Å²) in [5, 5.41) is 2.34. The zero-order valence-electron chi connectivity index (χ0n) is 43.8. The van der Waals surface area contributed by atoms with E-state index in [9.17, 15) is 0 Å². The second-order valence-corrected chi connectivity index (χ2v) is 20.1. The van der Waals surface area contributed by atoms with Gasteiger partial charge in [0.2, 0.25) is 0 Å². The van der Waals surface area contributed by atoms with Crippen LogP contribution in [-0.4, -0.2) is 14.5 Å². The van der Waals surface area contributed by atoms with Gasteiger partial charge in [-0.2, -0.15) is 0 Å². The van der Waals surface area contributed by atoms with Crippen molar-refractivity contribution >= 4 is 55.9 Å². The Bertz CT molecular complexity index is 4090. The van der Waals surface area contributed by atoms with E-state index in [0.29, 0.717) is 5.82 Å². The van der Waals surface area contributed by atoms with E-state index in [1.807, 2.05) is 24.3 Å². The summed E-state index contributed by atoms with van der Waals surface area (Å²) in [6.45, 7) is 6.45. The van der Waals surface area contributed by atoms with E-state index in [1.165, 1.54) is 21.9 Å². The molecule has 0 spiro atoms. The van der Waals surface area contributed by atoms with E-state index < -0.39 is 0 Å². The van der Waals surface area contributed by atoms with Gasteiger partial charge in [0.1, 0.15) is 0 Å². The van der Waals surface area contributed by atoms with Gasteiger partial charge in [-0.05, 0) is 152 Å². The van der Waals surface area contributed by atoms with Gasteiger partial charge in [-0.1, -0.05) is 187 Å². The topological polar surface area (TPSA) is 37.2 Å². The van der Waals surface area contributed by atoms with E-state index in [4.69, 9.17) is 9.97 Å². The molecule has 0 aliphatic heterocycles. The molecule has 0 aliphatic carbocycles. The largest absolute Gasteiger partial charge is 0.310 e. The molecule has 372 valence electrons. The molecule has 2 heterocycles. The average molecular weight is 1000 g/mol. The van der Waals surface area contributed by atoms with Crippen molar-refractivity contribution in [1.82, 2.24) is 14.5 Å². The molecule has 0 amide bonds. The van der Waals surface area contributed by atoms with Gasteiger partial charge in [-0.15, -0.1) is 0 Å². The molecule has 5 nitrogen and oxygen atoms in total. The molecule has 5 heteroatoms. The average Bonchev–Trinajstić information content (AvgIpc) is 3.97. The summed E-state index contributed by atoms with van der Waals surface area (Å²) in [5.41, 5.74) is 23.2. The van der Waals surface area contributed by atoms with E-state index in [1.54, 1.807) is 0 Å². The number of rotatable bonds is 12. The highest BCUT2D eigenvalue weighted by atomic mass is 15.1. The molecule has 11 aromatic carbocycles. The first-order valence-corrected chi connectivity index (χ1v) is 26.6. The van der Waals surface area contributed by atoms with Crippen molar-refractivity contribution in [3.63, 3.8) is 0 Å². The minimum Gasteiger partial charge on any atom is -0.310 e. The van der Waals surface area contributed by atoms with Crippen LogP contribution in [0.3, 0.4) is 0 Å². The zero-order valence-corrected chi connectivity index (χ0v) is 43.8. The van der Waals surface area contributed by atoms with Crippen molar-refractivity contribution in [3.05, 3.63) is 296 Å². The van der Waals surface area contributed by atoms with Gasteiger partial charge in [-0.3, -0.25) is 0 Å². The molecule has 2 aromatic heterocycles. The lowest BCUT2D eigenvalue weighted by Crippen LogP contribution is -2.10. The van der Waals surface area contributed by atoms with Crippen LogP contribution in [-0.2, 0) is 0 Å². The number of aromatic nitrogens is 3. The molecule has 0 radical (unpaired) electrons. The third kappa shape index (κ3) is 9.29. The van der Waals surface area contributed by atoms with Crippen LogP contribution in [0.1, 0.15) is 16.7 Å². The molecule has 0 bridgehead atoms. The molecular formula is C73H55N5. The quantitative estimate of drug-likeness (QED) is 0.122. The Labute approximate surface area is 456 Å². The fraction of sp³-hybridized carbons (Fsp3) is 0.0411. The highest BCUT2D eigenvalue weighted by Crippen LogP contribution is 2.43. The Kier molecular flexibility index (Phi) is 12.5. The smallest absolute Gasteiger partial charge is 0.160 e. The van der Waals surface area contributed by atoms with Crippen LogP contribution in [0.4, 0.5) is 34.1 Å². The molecule has 0 saturated carbocycles. The van der Waals surface area contributed by atoms with E-state index in [-0.39, 0.29) is 0 Å². The van der Waals surface area contributed by atoms with Gasteiger partial charge in [0, 0.05) is 67.3 Å². The van der Waals surface area contributed by atoms with Gasteiger partial charge in [-0.25, -0.2) is 9.97 Å². The molecule has 0 aliphatic rings. The van der Waals surface area contributed by atoms with Crippen LogP contribution < -0.4 is 9.80 Å². The summed E-state index contributed by atoms with van der Waals surface area (Å²) in [6.07, 6.45) is 0. The number of aryl methyl sites for hydroxylation is 3. The minimum atomic E-state index is 0.714. The molecule has 0 saturated heterocycles. The lowest BCUT2D eigenvalue weighted by Gasteiger charge is -2.26. The first-order valence-electron chi connectivity index (χ1n) is 26.6. The number of nitrogens with zero attached hydrogens (tertiary/aromatic N) is 5. The van der Waals surface area contributed by atoms with Crippen molar-refractivity contribution in [3.8, 4) is 61.8 Å². The summed E-state index contributed by atoms with van der Waals surface area (Å²) in [4.78, 5) is 14.8. The van der Waals surface area contributed by atoms with Crippen molar-refractivity contribution in [2.45, 2.75) is 20.8 Å². The van der Waals surface area contributed by atoms with Crippen molar-refractivity contribution in [1.29, 1.82) is 0 Å². The summed E-state index contributed by atoms with van der Waals surface area (Å²) >= 11 is 0. The monoisotopic (exact) mass is 1000 g/mol. The maximum absolute atomic E-state index is 5.11. The molecule has 13 rings (SSSR count). The van der Waals surface area contributed by atoms with Crippen molar-refractivity contribution in [2.75, 3.05) is 9.80 Å². The summed E-state index contributed by atoms with van der Waals surface area (Å²) < 4.78 is 2.42. The minimum absolute atomic E-state index is 0.714. The Morgan fingerprint density at radius 3 is 1.18 bits per heavy atom. The van der Waals surface area contributed by atoms with Crippen LogP contribution in [0.5, 0.6) is 0 Å². The first-order chi connectivity index (χ1) is 38.4. The maximum atomic E-state index is 5.11. The number of hydrogen-bond acceptors (Lipinski definition) is 4. The van der Waals surface area contributed by atoms with Gasteiger partial charge < -0.3 is 14.4 Å². The summed E-state index contributed by atoms with van der Waals surface area (Å²) in [6, 6.07) is 100. The Morgan fingerprint density at radius 1 is 0.295 bits per heavy atom. The highest BCUT2D eigenvalue weighted by molar-refractivity contribution is 6.12. The van der Waals surface area contributed by atoms with Crippen molar-refractivity contribution < 1.29 is 0 Å². The van der Waals surface area contributed by atoms with E-state index in [0.717, 1.165) is 107 Å².